The molecule has 0 N–H and O–H groups in total. The SMILES string of the molecule is CC(=O)O[C@@]1(C)C[C@@]1(/C=C/[Si](C)(C)c1ccccc1)O[Si](C)(C)C(C)(C)C. The van der Waals surface area contributed by atoms with Crippen molar-refractivity contribution in [3.05, 3.63) is 42.1 Å². The van der Waals surface area contributed by atoms with Crippen molar-refractivity contribution < 1.29 is 14.0 Å². The highest BCUT2D eigenvalue weighted by Gasteiger charge is 2.69. The van der Waals surface area contributed by atoms with Crippen molar-refractivity contribution in [1.82, 2.24) is 0 Å². The second-order valence-corrected chi connectivity index (χ2v) is 19.3. The molecule has 1 fully saturated rings. The fourth-order valence-corrected chi connectivity index (χ4v) is 6.73. The number of hydrogen-bond donors (Lipinski definition) is 0. The van der Waals surface area contributed by atoms with Crippen LogP contribution in [0, 0.1) is 0 Å². The lowest BCUT2D eigenvalue weighted by Gasteiger charge is -2.40. The van der Waals surface area contributed by atoms with Crippen LogP contribution in [0.3, 0.4) is 0 Å². The zero-order valence-electron chi connectivity index (χ0n) is 18.5. The highest BCUT2D eigenvalue weighted by atomic mass is 28.4. The maximum atomic E-state index is 11.7. The van der Waals surface area contributed by atoms with Crippen LogP contribution >= 0.6 is 0 Å². The van der Waals surface area contributed by atoms with Crippen LogP contribution in [0.5, 0.6) is 0 Å². The van der Waals surface area contributed by atoms with E-state index in [-0.39, 0.29) is 11.0 Å². The van der Waals surface area contributed by atoms with Crippen molar-refractivity contribution in [2.45, 2.75) is 83.5 Å². The van der Waals surface area contributed by atoms with Gasteiger partial charge in [0.15, 0.2) is 8.32 Å². The highest BCUT2D eigenvalue weighted by molar-refractivity contribution is 6.94. The van der Waals surface area contributed by atoms with Crippen LogP contribution in [-0.4, -0.2) is 33.6 Å². The van der Waals surface area contributed by atoms with E-state index in [1.807, 2.05) is 6.92 Å². The Morgan fingerprint density at radius 1 is 1.11 bits per heavy atom. The molecule has 2 rings (SSSR count). The molecule has 27 heavy (non-hydrogen) atoms. The molecule has 0 radical (unpaired) electrons. The molecule has 1 aliphatic rings. The molecular weight excluding hydrogens is 368 g/mol. The van der Waals surface area contributed by atoms with Gasteiger partial charge in [0.25, 0.3) is 0 Å². The first-order valence-corrected chi connectivity index (χ1v) is 15.8. The van der Waals surface area contributed by atoms with Gasteiger partial charge in [-0.3, -0.25) is 4.79 Å². The summed E-state index contributed by atoms with van der Waals surface area (Å²) in [5.41, 5.74) is 1.26. The minimum Gasteiger partial charge on any atom is -0.456 e. The Bertz CT molecular complexity index is 719. The van der Waals surface area contributed by atoms with Gasteiger partial charge in [0.2, 0.25) is 0 Å². The molecule has 0 saturated heterocycles. The Labute approximate surface area is 167 Å². The van der Waals surface area contributed by atoms with Gasteiger partial charge in [0, 0.05) is 13.3 Å². The van der Waals surface area contributed by atoms with E-state index < -0.39 is 27.6 Å². The summed E-state index contributed by atoms with van der Waals surface area (Å²) in [6.07, 6.45) is 2.94. The van der Waals surface area contributed by atoms with Gasteiger partial charge in [0.1, 0.15) is 19.3 Å². The molecule has 1 aromatic carbocycles. The average molecular weight is 405 g/mol. The number of benzene rings is 1. The second kappa shape index (κ2) is 7.01. The van der Waals surface area contributed by atoms with Crippen LogP contribution in [0.1, 0.15) is 41.0 Å². The number of rotatable bonds is 6. The Morgan fingerprint density at radius 3 is 2.15 bits per heavy atom. The van der Waals surface area contributed by atoms with E-state index in [9.17, 15) is 4.79 Å². The van der Waals surface area contributed by atoms with E-state index in [1.165, 1.54) is 12.1 Å². The van der Waals surface area contributed by atoms with Crippen LogP contribution in [-0.2, 0) is 14.0 Å². The maximum absolute atomic E-state index is 11.7. The number of hydrogen-bond acceptors (Lipinski definition) is 3. The summed E-state index contributed by atoms with van der Waals surface area (Å²) in [6.45, 7) is 19.4. The molecular formula is C22H36O3Si2. The van der Waals surface area contributed by atoms with E-state index in [2.05, 4.69) is 89.1 Å². The molecule has 0 heterocycles. The van der Waals surface area contributed by atoms with Gasteiger partial charge >= 0.3 is 5.97 Å². The summed E-state index contributed by atoms with van der Waals surface area (Å²) >= 11 is 0. The van der Waals surface area contributed by atoms with Crippen molar-refractivity contribution in [1.29, 1.82) is 0 Å². The third-order valence-electron chi connectivity index (χ3n) is 6.27. The Morgan fingerprint density at radius 2 is 1.67 bits per heavy atom. The quantitative estimate of drug-likeness (QED) is 0.484. The third kappa shape index (κ3) is 4.63. The summed E-state index contributed by atoms with van der Waals surface area (Å²) in [5, 5.41) is 1.48. The smallest absolute Gasteiger partial charge is 0.303 e. The predicted molar refractivity (Wildman–Crippen MR) is 118 cm³/mol. The van der Waals surface area contributed by atoms with Crippen molar-refractivity contribution in [3.8, 4) is 0 Å². The van der Waals surface area contributed by atoms with Gasteiger partial charge in [-0.25, -0.2) is 0 Å². The summed E-state index contributed by atoms with van der Waals surface area (Å²) in [4.78, 5) is 11.7. The minimum atomic E-state index is -2.02. The van der Waals surface area contributed by atoms with E-state index in [1.54, 1.807) is 0 Å². The van der Waals surface area contributed by atoms with Crippen molar-refractivity contribution in [3.63, 3.8) is 0 Å². The van der Waals surface area contributed by atoms with Crippen molar-refractivity contribution in [2.75, 3.05) is 0 Å². The normalized spacial score (nSPS) is 26.3. The average Bonchev–Trinajstić information content (AvgIpc) is 3.06. The second-order valence-electron chi connectivity index (χ2n) is 10.2. The van der Waals surface area contributed by atoms with E-state index in [0.29, 0.717) is 0 Å². The van der Waals surface area contributed by atoms with E-state index in [4.69, 9.17) is 9.16 Å². The lowest BCUT2D eigenvalue weighted by Crippen LogP contribution is -2.47. The monoisotopic (exact) mass is 404 g/mol. The molecule has 1 aromatic rings. The van der Waals surface area contributed by atoms with Crippen LogP contribution < -0.4 is 5.19 Å². The molecule has 5 heteroatoms. The largest absolute Gasteiger partial charge is 0.456 e. The molecule has 3 nitrogen and oxygen atoms in total. The fourth-order valence-electron chi connectivity index (χ4n) is 3.23. The fraction of sp³-hybridized carbons (Fsp3) is 0.591. The zero-order chi connectivity index (χ0) is 20.7. The van der Waals surface area contributed by atoms with Gasteiger partial charge in [0.05, 0.1) is 0 Å². The summed E-state index contributed by atoms with van der Waals surface area (Å²) in [6, 6.07) is 10.7. The predicted octanol–water partition coefficient (Wildman–Crippen LogP) is 5.18. The van der Waals surface area contributed by atoms with E-state index in [0.717, 1.165) is 6.42 Å². The van der Waals surface area contributed by atoms with Crippen LogP contribution in [0.2, 0.25) is 31.2 Å². The number of carbonyl (C=O) groups excluding carboxylic acids is 1. The molecule has 0 aromatic heterocycles. The molecule has 0 unspecified atom stereocenters. The first-order valence-electron chi connectivity index (χ1n) is 9.80. The van der Waals surface area contributed by atoms with Crippen molar-refractivity contribution in [2.24, 2.45) is 0 Å². The number of ether oxygens (including phenoxy) is 1. The molecule has 1 saturated carbocycles. The Kier molecular flexibility index (Phi) is 5.74. The van der Waals surface area contributed by atoms with Crippen LogP contribution in [0.4, 0.5) is 0 Å². The lowest BCUT2D eigenvalue weighted by atomic mass is 10.2. The molecule has 0 bridgehead atoms. The van der Waals surface area contributed by atoms with Crippen LogP contribution in [0.25, 0.3) is 0 Å². The van der Waals surface area contributed by atoms with Gasteiger partial charge < -0.3 is 9.16 Å². The molecule has 2 atom stereocenters. The first-order chi connectivity index (χ1) is 12.1. The summed E-state index contributed by atoms with van der Waals surface area (Å²) in [7, 11) is -3.78. The Balaban J connectivity index is 2.37. The molecule has 150 valence electrons. The topological polar surface area (TPSA) is 35.5 Å². The number of carbonyl (C=O) groups is 1. The van der Waals surface area contributed by atoms with Gasteiger partial charge in [-0.15, -0.1) is 0 Å². The summed E-state index contributed by atoms with van der Waals surface area (Å²) in [5.74, 6) is -0.244. The minimum absolute atomic E-state index is 0.0972. The van der Waals surface area contributed by atoms with Gasteiger partial charge in [-0.05, 0) is 25.1 Å². The maximum Gasteiger partial charge on any atom is 0.303 e. The first kappa shape index (κ1) is 22.1. The zero-order valence-corrected chi connectivity index (χ0v) is 20.5. The number of esters is 1. The Hall–Kier alpha value is -1.18. The molecule has 0 spiro atoms. The van der Waals surface area contributed by atoms with E-state index >= 15 is 0 Å². The van der Waals surface area contributed by atoms with Crippen LogP contribution in [0.15, 0.2) is 42.1 Å². The molecule has 0 aliphatic heterocycles. The molecule has 0 amide bonds. The highest BCUT2D eigenvalue weighted by Crippen LogP contribution is 2.58. The van der Waals surface area contributed by atoms with Gasteiger partial charge in [-0.2, -0.15) is 0 Å². The third-order valence-corrected chi connectivity index (χ3v) is 13.6. The standard InChI is InChI=1S/C22H36O3Si2/c1-18(23)24-21(5)17-22(21,25-27(8,9)20(2,3)4)15-16-26(6,7)19-13-11-10-12-14-19/h10-16H,17H2,1-9H3/b16-15+/t21-,22+/m0/s1. The summed E-state index contributed by atoms with van der Waals surface area (Å²) < 4.78 is 12.6. The van der Waals surface area contributed by atoms with Gasteiger partial charge in [-0.1, -0.05) is 81.2 Å². The van der Waals surface area contributed by atoms with Crippen molar-refractivity contribution >= 4 is 27.5 Å². The molecule has 1 aliphatic carbocycles. The lowest BCUT2D eigenvalue weighted by molar-refractivity contribution is -0.150.